The van der Waals surface area contributed by atoms with Crippen LogP contribution in [0.15, 0.2) is 172 Å². The van der Waals surface area contributed by atoms with Crippen molar-refractivity contribution in [1.29, 1.82) is 0 Å². The third-order valence-corrected chi connectivity index (χ3v) is 6.98. The van der Waals surface area contributed by atoms with E-state index in [-0.39, 0.29) is 0 Å². The number of aromatic nitrogens is 14. The van der Waals surface area contributed by atoms with E-state index >= 15 is 0 Å². The normalized spacial score (nSPS) is 9.00. The minimum absolute atomic E-state index is 0.711. The Balaban J connectivity index is 0.000000238. The molecule has 0 atom stereocenters. The van der Waals surface area contributed by atoms with Gasteiger partial charge in [0.25, 0.3) is 0 Å². The van der Waals surface area contributed by atoms with Crippen LogP contribution in [0.1, 0.15) is 45.4 Å². The molecule has 1 aromatic carbocycles. The summed E-state index contributed by atoms with van der Waals surface area (Å²) in [6, 6.07) is 25.8. The summed E-state index contributed by atoms with van der Waals surface area (Å²) < 4.78 is 0. The van der Waals surface area contributed by atoms with Crippen molar-refractivity contribution in [2.45, 2.75) is 55.4 Å². The first kappa shape index (κ1) is 48.4. The molecule has 0 N–H and O–H groups in total. The standard InChI is InChI=1S/C10H9N.3C6H7N.2C5H6N2.2C4H5N3/c1-8-6-7-11-10-5-3-2-4-9(8)10;1-6-2-4-7-5-3-6;1-6-3-2-4-7-5-6;1-6-4-2-3-5-7-6;1-5-4-6-2-3-7-5;1-5-2-3-6-4-7-5;1-4-6-2-5-3-7-4;1-4-5-2-3-6-7-4/h2-7H,1H3;3*2-5H,1H3;2*2-4H,1H3;2*2-3H,1H3. The number of para-hydroxylation sites is 1. The molecule has 8 heterocycles. The fraction of sp³-hybridized carbons (Fsp3) is 0.174. The zero-order valence-corrected chi connectivity index (χ0v) is 35.4. The maximum atomic E-state index is 4.24. The van der Waals surface area contributed by atoms with Gasteiger partial charge in [-0.3, -0.25) is 29.9 Å². The SMILES string of the molecule is Cc1ccccn1.Cc1cccnc1.Cc1ccnc2ccccc12.Cc1ccncc1.Cc1ccncn1.Cc1cnccn1.Cc1nccnn1.Cc1ncncn1. The van der Waals surface area contributed by atoms with E-state index in [0.717, 1.165) is 28.4 Å². The molecule has 0 aliphatic carbocycles. The van der Waals surface area contributed by atoms with E-state index in [4.69, 9.17) is 0 Å². The number of fused-ring (bicyclic) bond motifs is 1. The van der Waals surface area contributed by atoms with E-state index in [0.29, 0.717) is 5.82 Å². The third kappa shape index (κ3) is 25.4. The van der Waals surface area contributed by atoms with Gasteiger partial charge in [0.05, 0.1) is 17.4 Å². The highest BCUT2D eigenvalue weighted by Crippen LogP contribution is 2.14. The number of hydrogen-bond donors (Lipinski definition) is 0. The van der Waals surface area contributed by atoms with Crippen LogP contribution in [0, 0.1) is 55.4 Å². The quantitative estimate of drug-likeness (QED) is 0.142. The molecular formula is C46H52N14. The van der Waals surface area contributed by atoms with Crippen molar-refractivity contribution in [3.63, 3.8) is 0 Å². The first-order valence-electron chi connectivity index (χ1n) is 18.7. The summed E-state index contributed by atoms with van der Waals surface area (Å²) in [5.74, 6) is 1.47. The van der Waals surface area contributed by atoms with E-state index < -0.39 is 0 Å². The molecule has 0 aliphatic heterocycles. The number of benzene rings is 1. The largest absolute Gasteiger partial charge is 0.265 e. The first-order chi connectivity index (χ1) is 29.1. The third-order valence-electron chi connectivity index (χ3n) is 6.98. The molecule has 0 bridgehead atoms. The van der Waals surface area contributed by atoms with Crippen molar-refractivity contribution in [3.05, 3.63) is 218 Å². The predicted molar refractivity (Wildman–Crippen MR) is 236 cm³/mol. The van der Waals surface area contributed by atoms with Crippen LogP contribution in [-0.2, 0) is 0 Å². The molecular weight excluding hydrogens is 749 g/mol. The summed E-state index contributed by atoms with van der Waals surface area (Å²) in [7, 11) is 0. The lowest BCUT2D eigenvalue weighted by Crippen LogP contribution is -1.85. The molecule has 9 aromatic rings. The first-order valence-corrected chi connectivity index (χ1v) is 18.7. The minimum atomic E-state index is 0.711. The lowest BCUT2D eigenvalue weighted by Gasteiger charge is -1.97. The summed E-state index contributed by atoms with van der Waals surface area (Å²) in [5, 5.41) is 8.44. The highest BCUT2D eigenvalue weighted by molar-refractivity contribution is 5.81. The highest BCUT2D eigenvalue weighted by Gasteiger charge is 1.93. The van der Waals surface area contributed by atoms with Crippen LogP contribution in [0.3, 0.4) is 0 Å². The van der Waals surface area contributed by atoms with E-state index in [1.165, 1.54) is 41.1 Å². The van der Waals surface area contributed by atoms with Crippen LogP contribution < -0.4 is 0 Å². The average molecular weight is 801 g/mol. The van der Waals surface area contributed by atoms with Gasteiger partial charge in [0, 0.05) is 84.9 Å². The average Bonchev–Trinajstić information content (AvgIpc) is 3.28. The van der Waals surface area contributed by atoms with E-state index in [9.17, 15) is 0 Å². The van der Waals surface area contributed by atoms with Gasteiger partial charge in [-0.2, -0.15) is 5.10 Å². The monoisotopic (exact) mass is 800 g/mol. The van der Waals surface area contributed by atoms with Crippen molar-refractivity contribution in [2.24, 2.45) is 0 Å². The maximum absolute atomic E-state index is 4.24. The molecule has 0 amide bonds. The summed E-state index contributed by atoms with van der Waals surface area (Å²) >= 11 is 0. The summed E-state index contributed by atoms with van der Waals surface area (Å²) in [4.78, 5) is 46.2. The Morgan fingerprint density at radius 3 is 1.38 bits per heavy atom. The van der Waals surface area contributed by atoms with Gasteiger partial charge in [-0.1, -0.05) is 30.3 Å². The molecule has 14 nitrogen and oxygen atoms in total. The lowest BCUT2D eigenvalue weighted by molar-refractivity contribution is 0.907. The Morgan fingerprint density at radius 1 is 0.333 bits per heavy atom. The Labute approximate surface area is 353 Å². The molecule has 306 valence electrons. The van der Waals surface area contributed by atoms with Gasteiger partial charge in [-0.05, 0) is 121 Å². The van der Waals surface area contributed by atoms with Gasteiger partial charge in [-0.25, -0.2) is 29.9 Å². The number of aryl methyl sites for hydroxylation is 8. The zero-order chi connectivity index (χ0) is 43.5. The molecule has 0 spiro atoms. The number of rotatable bonds is 0. The smallest absolute Gasteiger partial charge is 0.147 e. The van der Waals surface area contributed by atoms with Gasteiger partial charge in [0.2, 0.25) is 0 Å². The maximum Gasteiger partial charge on any atom is 0.147 e. The highest BCUT2D eigenvalue weighted by atomic mass is 15.1. The minimum Gasteiger partial charge on any atom is -0.265 e. The van der Waals surface area contributed by atoms with Crippen LogP contribution in [-0.4, -0.2) is 70.0 Å². The fourth-order valence-corrected chi connectivity index (χ4v) is 3.90. The molecule has 0 fully saturated rings. The van der Waals surface area contributed by atoms with Crippen molar-refractivity contribution in [1.82, 2.24) is 70.0 Å². The van der Waals surface area contributed by atoms with Gasteiger partial charge < -0.3 is 0 Å². The molecule has 14 heteroatoms. The summed E-state index contributed by atoms with van der Waals surface area (Å²) in [6.45, 7) is 15.6. The molecule has 0 radical (unpaired) electrons. The number of nitrogens with zero attached hydrogens (tertiary/aromatic N) is 14. The Hall–Kier alpha value is -7.74. The zero-order valence-electron chi connectivity index (χ0n) is 35.4. The molecule has 9 rings (SSSR count). The second kappa shape index (κ2) is 31.4. The lowest BCUT2D eigenvalue weighted by atomic mass is 10.1. The van der Waals surface area contributed by atoms with Crippen molar-refractivity contribution >= 4 is 10.9 Å². The van der Waals surface area contributed by atoms with Crippen molar-refractivity contribution in [2.75, 3.05) is 0 Å². The topological polar surface area (TPSA) is 180 Å². The van der Waals surface area contributed by atoms with Gasteiger partial charge >= 0.3 is 0 Å². The summed E-state index contributed by atoms with van der Waals surface area (Å²) in [5.41, 5.74) is 7.88. The van der Waals surface area contributed by atoms with Gasteiger partial charge in [0.1, 0.15) is 30.6 Å². The van der Waals surface area contributed by atoms with E-state index in [1.807, 2.05) is 127 Å². The fourth-order valence-electron chi connectivity index (χ4n) is 3.90. The molecule has 60 heavy (non-hydrogen) atoms. The number of hydrogen-bond acceptors (Lipinski definition) is 14. The van der Waals surface area contributed by atoms with E-state index in [2.05, 4.69) is 83.0 Å². The second-order valence-electron chi connectivity index (χ2n) is 12.2. The van der Waals surface area contributed by atoms with Crippen LogP contribution >= 0.6 is 0 Å². The predicted octanol–water partition coefficient (Wildman–Crippen LogP) is 8.64. The van der Waals surface area contributed by atoms with Crippen molar-refractivity contribution < 1.29 is 0 Å². The molecule has 0 saturated carbocycles. The van der Waals surface area contributed by atoms with Crippen LogP contribution in [0.5, 0.6) is 0 Å². The second-order valence-corrected chi connectivity index (χ2v) is 12.2. The molecule has 0 unspecified atom stereocenters. The Kier molecular flexibility index (Phi) is 25.3. The van der Waals surface area contributed by atoms with Crippen LogP contribution in [0.2, 0.25) is 0 Å². The molecule has 0 saturated heterocycles. The molecule has 0 aliphatic rings. The van der Waals surface area contributed by atoms with E-state index in [1.54, 1.807) is 68.9 Å². The van der Waals surface area contributed by atoms with Crippen molar-refractivity contribution in [3.8, 4) is 0 Å². The Morgan fingerprint density at radius 2 is 1.00 bits per heavy atom. The number of pyridine rings is 4. The van der Waals surface area contributed by atoms with Gasteiger partial charge in [0.15, 0.2) is 0 Å². The summed E-state index contributed by atoms with van der Waals surface area (Å²) in [6.07, 6.45) is 25.2. The Bertz CT molecular complexity index is 1960. The van der Waals surface area contributed by atoms with Gasteiger partial charge in [-0.15, -0.1) is 5.10 Å². The van der Waals surface area contributed by atoms with Crippen LogP contribution in [0.4, 0.5) is 0 Å². The molecule has 8 aromatic heterocycles. The van der Waals surface area contributed by atoms with Crippen LogP contribution in [0.25, 0.3) is 10.9 Å².